The molecule has 3 aromatic rings. The van der Waals surface area contributed by atoms with Gasteiger partial charge in [-0.25, -0.2) is 4.98 Å². The molecule has 0 amide bonds. The molecular formula is C13H10N2OS. The number of nitrogens with zero attached hydrogens (tertiary/aromatic N) is 2. The third-order valence-electron chi connectivity index (χ3n) is 2.59. The van der Waals surface area contributed by atoms with Crippen molar-refractivity contribution in [3.8, 4) is 10.7 Å². The smallest absolute Gasteiger partial charge is 0.253 e. The Hall–Kier alpha value is -1.94. The molecular weight excluding hydrogens is 232 g/mol. The first kappa shape index (κ1) is 10.2. The summed E-state index contributed by atoms with van der Waals surface area (Å²) in [7, 11) is 0. The third-order valence-corrected chi connectivity index (χ3v) is 3.65. The van der Waals surface area contributed by atoms with E-state index >= 15 is 0 Å². The number of fused-ring (bicyclic) bond motifs is 1. The van der Waals surface area contributed by atoms with Crippen molar-refractivity contribution in [3.05, 3.63) is 53.4 Å². The van der Waals surface area contributed by atoms with Gasteiger partial charge in [-0.15, -0.1) is 11.3 Å². The molecule has 3 nitrogen and oxygen atoms in total. The van der Waals surface area contributed by atoms with Crippen LogP contribution >= 0.6 is 11.3 Å². The fourth-order valence-electron chi connectivity index (χ4n) is 1.73. The van der Waals surface area contributed by atoms with E-state index in [4.69, 9.17) is 0 Å². The Bertz CT molecular complexity index is 658. The maximum Gasteiger partial charge on any atom is 0.253 e. The maximum atomic E-state index is 11.7. The predicted molar refractivity (Wildman–Crippen MR) is 68.8 cm³/mol. The van der Waals surface area contributed by atoms with Gasteiger partial charge in [0.15, 0.2) is 11.2 Å². The molecule has 0 N–H and O–H groups in total. The Morgan fingerprint density at radius 1 is 1.24 bits per heavy atom. The molecule has 4 heteroatoms. The van der Waals surface area contributed by atoms with Crippen molar-refractivity contribution in [1.82, 2.24) is 4.98 Å². The van der Waals surface area contributed by atoms with Gasteiger partial charge in [0, 0.05) is 12.1 Å². The average molecular weight is 242 g/mol. The van der Waals surface area contributed by atoms with Gasteiger partial charge in [0.2, 0.25) is 0 Å². The first-order chi connectivity index (χ1) is 8.24. The fourth-order valence-corrected chi connectivity index (χ4v) is 2.70. The molecule has 0 unspecified atom stereocenters. The molecule has 0 aliphatic carbocycles. The van der Waals surface area contributed by atoms with Gasteiger partial charge in [-0.1, -0.05) is 12.1 Å². The minimum Gasteiger partial charge on any atom is -0.618 e. The molecule has 2 aromatic heterocycles. The van der Waals surface area contributed by atoms with Crippen LogP contribution in [0.25, 0.3) is 20.9 Å². The highest BCUT2D eigenvalue weighted by molar-refractivity contribution is 7.21. The number of hydrogen-bond donors (Lipinski definition) is 0. The number of aryl methyl sites for hydroxylation is 1. The number of pyridine rings is 1. The standard InChI is InChI=1S/C13H10N2OS/c1-9-6-7-15(16)11(8-9)13-14-10-4-2-3-5-12(10)17-13/h2-8H,1H3. The molecule has 17 heavy (non-hydrogen) atoms. The van der Waals surface area contributed by atoms with Crippen LogP contribution in [0, 0.1) is 12.1 Å². The Labute approximate surface area is 103 Å². The fraction of sp³-hybridized carbons (Fsp3) is 0.0769. The van der Waals surface area contributed by atoms with Crippen LogP contribution < -0.4 is 4.73 Å². The van der Waals surface area contributed by atoms with Crippen LogP contribution in [0.5, 0.6) is 0 Å². The Balaban J connectivity index is 2.23. The number of rotatable bonds is 1. The molecule has 1 aromatic carbocycles. The van der Waals surface area contributed by atoms with E-state index in [2.05, 4.69) is 4.98 Å². The number of thiazole rings is 1. The lowest BCUT2D eigenvalue weighted by Gasteiger charge is -2.01. The van der Waals surface area contributed by atoms with Gasteiger partial charge in [0.25, 0.3) is 5.69 Å². The lowest BCUT2D eigenvalue weighted by Crippen LogP contribution is -2.28. The predicted octanol–water partition coefficient (Wildman–Crippen LogP) is 2.91. The minimum absolute atomic E-state index is 0.617. The SMILES string of the molecule is Cc1cc[n+]([O-])c(-c2nc3ccccc3s2)c1. The summed E-state index contributed by atoms with van der Waals surface area (Å²) >= 11 is 1.54. The summed E-state index contributed by atoms with van der Waals surface area (Å²) in [5.41, 5.74) is 2.62. The minimum atomic E-state index is 0.617. The summed E-state index contributed by atoms with van der Waals surface area (Å²) in [5, 5.41) is 12.5. The molecule has 0 atom stereocenters. The van der Waals surface area contributed by atoms with Crippen molar-refractivity contribution in [2.45, 2.75) is 6.92 Å². The molecule has 84 valence electrons. The van der Waals surface area contributed by atoms with E-state index in [0.717, 1.165) is 25.5 Å². The zero-order valence-electron chi connectivity index (χ0n) is 9.25. The van der Waals surface area contributed by atoms with E-state index in [0.29, 0.717) is 5.69 Å². The van der Waals surface area contributed by atoms with E-state index in [1.165, 1.54) is 6.20 Å². The highest BCUT2D eigenvalue weighted by Crippen LogP contribution is 2.28. The number of hydrogen-bond acceptors (Lipinski definition) is 3. The normalized spacial score (nSPS) is 10.9. The summed E-state index contributed by atoms with van der Waals surface area (Å²) in [6, 6.07) is 11.6. The van der Waals surface area contributed by atoms with Gasteiger partial charge in [0.05, 0.1) is 10.2 Å². The molecule has 0 aliphatic rings. The van der Waals surface area contributed by atoms with E-state index in [9.17, 15) is 5.21 Å². The van der Waals surface area contributed by atoms with Crippen LogP contribution in [0.2, 0.25) is 0 Å². The van der Waals surface area contributed by atoms with Crippen molar-refractivity contribution in [3.63, 3.8) is 0 Å². The molecule has 0 spiro atoms. The average Bonchev–Trinajstić information content (AvgIpc) is 2.75. The second kappa shape index (κ2) is 3.82. The highest BCUT2D eigenvalue weighted by atomic mass is 32.1. The monoisotopic (exact) mass is 242 g/mol. The zero-order chi connectivity index (χ0) is 11.8. The quantitative estimate of drug-likeness (QED) is 0.486. The summed E-state index contributed by atoms with van der Waals surface area (Å²) in [5.74, 6) is 0. The van der Waals surface area contributed by atoms with Crippen molar-refractivity contribution in [2.24, 2.45) is 0 Å². The summed E-state index contributed by atoms with van der Waals surface area (Å²) in [4.78, 5) is 4.48. The molecule has 0 radical (unpaired) electrons. The molecule has 0 bridgehead atoms. The second-order valence-electron chi connectivity index (χ2n) is 3.90. The van der Waals surface area contributed by atoms with Crippen LogP contribution in [-0.4, -0.2) is 4.98 Å². The topological polar surface area (TPSA) is 39.8 Å². The number of para-hydroxylation sites is 1. The first-order valence-electron chi connectivity index (χ1n) is 5.30. The van der Waals surface area contributed by atoms with E-state index < -0.39 is 0 Å². The van der Waals surface area contributed by atoms with Gasteiger partial charge in [-0.05, 0) is 24.6 Å². The Morgan fingerprint density at radius 3 is 2.88 bits per heavy atom. The Kier molecular flexibility index (Phi) is 2.30. The highest BCUT2D eigenvalue weighted by Gasteiger charge is 2.13. The van der Waals surface area contributed by atoms with Crippen LogP contribution in [0.4, 0.5) is 0 Å². The van der Waals surface area contributed by atoms with Gasteiger partial charge < -0.3 is 5.21 Å². The molecule has 0 saturated carbocycles. The second-order valence-corrected chi connectivity index (χ2v) is 4.93. The van der Waals surface area contributed by atoms with Gasteiger partial charge in [-0.3, -0.25) is 0 Å². The van der Waals surface area contributed by atoms with Crippen molar-refractivity contribution >= 4 is 21.6 Å². The molecule has 2 heterocycles. The van der Waals surface area contributed by atoms with E-state index in [1.54, 1.807) is 17.4 Å². The van der Waals surface area contributed by atoms with Crippen LogP contribution in [0.3, 0.4) is 0 Å². The van der Waals surface area contributed by atoms with Gasteiger partial charge >= 0.3 is 0 Å². The first-order valence-corrected chi connectivity index (χ1v) is 6.11. The maximum absolute atomic E-state index is 11.7. The summed E-state index contributed by atoms with van der Waals surface area (Å²) in [6.45, 7) is 1.97. The van der Waals surface area contributed by atoms with E-state index in [-0.39, 0.29) is 0 Å². The lowest BCUT2D eigenvalue weighted by atomic mass is 10.2. The van der Waals surface area contributed by atoms with Gasteiger partial charge in [-0.2, -0.15) is 4.73 Å². The van der Waals surface area contributed by atoms with Crippen molar-refractivity contribution in [1.29, 1.82) is 0 Å². The van der Waals surface area contributed by atoms with Crippen LogP contribution in [0.15, 0.2) is 42.6 Å². The van der Waals surface area contributed by atoms with Crippen LogP contribution in [0.1, 0.15) is 5.56 Å². The van der Waals surface area contributed by atoms with E-state index in [1.807, 2.05) is 37.3 Å². The Morgan fingerprint density at radius 2 is 2.06 bits per heavy atom. The molecule has 0 aliphatic heterocycles. The van der Waals surface area contributed by atoms with Crippen LogP contribution in [-0.2, 0) is 0 Å². The zero-order valence-corrected chi connectivity index (χ0v) is 10.1. The molecule has 3 rings (SSSR count). The summed E-state index contributed by atoms with van der Waals surface area (Å²) < 4.78 is 1.97. The number of benzene rings is 1. The van der Waals surface area contributed by atoms with Crippen molar-refractivity contribution in [2.75, 3.05) is 0 Å². The number of aromatic nitrogens is 2. The largest absolute Gasteiger partial charge is 0.618 e. The lowest BCUT2D eigenvalue weighted by molar-refractivity contribution is -0.593. The third kappa shape index (κ3) is 1.76. The van der Waals surface area contributed by atoms with Gasteiger partial charge in [0.1, 0.15) is 0 Å². The molecule has 0 fully saturated rings. The molecule has 0 saturated heterocycles. The van der Waals surface area contributed by atoms with Crippen molar-refractivity contribution < 1.29 is 4.73 Å². The summed E-state index contributed by atoms with van der Waals surface area (Å²) in [6.07, 6.45) is 1.52.